The summed E-state index contributed by atoms with van der Waals surface area (Å²) in [4.78, 5) is 2.58. The molecule has 0 amide bonds. The van der Waals surface area contributed by atoms with E-state index in [-0.39, 0.29) is 0 Å². The van der Waals surface area contributed by atoms with Crippen LogP contribution in [0.4, 0.5) is 5.69 Å². The SMILES string of the molecule is CCCC1CN(c2c(Br)cccc2Br)C(C(C)C)CN1. The van der Waals surface area contributed by atoms with Crippen LogP contribution in [0.3, 0.4) is 0 Å². The Bertz CT molecular complexity index is 428. The van der Waals surface area contributed by atoms with Crippen molar-refractivity contribution in [3.63, 3.8) is 0 Å². The zero-order chi connectivity index (χ0) is 14.7. The molecule has 1 saturated heterocycles. The fraction of sp³-hybridized carbons (Fsp3) is 0.625. The third-order valence-corrected chi connectivity index (χ3v) is 5.34. The van der Waals surface area contributed by atoms with Crippen molar-refractivity contribution in [2.45, 2.75) is 45.7 Å². The molecule has 1 aliphatic heterocycles. The molecule has 1 aromatic rings. The van der Waals surface area contributed by atoms with E-state index in [4.69, 9.17) is 0 Å². The Morgan fingerprint density at radius 3 is 2.50 bits per heavy atom. The van der Waals surface area contributed by atoms with E-state index in [0.29, 0.717) is 18.0 Å². The van der Waals surface area contributed by atoms with Crippen LogP contribution in [-0.2, 0) is 0 Å². The Morgan fingerprint density at radius 1 is 1.30 bits per heavy atom. The van der Waals surface area contributed by atoms with Gasteiger partial charge in [-0.25, -0.2) is 0 Å². The Kier molecular flexibility index (Phi) is 5.94. The van der Waals surface area contributed by atoms with Crippen LogP contribution in [0.25, 0.3) is 0 Å². The Labute approximate surface area is 139 Å². The zero-order valence-corrected chi connectivity index (χ0v) is 15.7. The first-order valence-corrected chi connectivity index (χ1v) is 9.07. The number of nitrogens with zero attached hydrogens (tertiary/aromatic N) is 1. The van der Waals surface area contributed by atoms with Gasteiger partial charge in [0.2, 0.25) is 0 Å². The average Bonchev–Trinajstić information content (AvgIpc) is 2.39. The molecule has 0 bridgehead atoms. The van der Waals surface area contributed by atoms with Crippen molar-refractivity contribution in [3.05, 3.63) is 27.1 Å². The van der Waals surface area contributed by atoms with Gasteiger partial charge in [0.1, 0.15) is 0 Å². The molecular formula is C16H24Br2N2. The first kappa shape index (κ1) is 16.3. The molecule has 0 aromatic heterocycles. The van der Waals surface area contributed by atoms with E-state index in [1.165, 1.54) is 27.5 Å². The third-order valence-electron chi connectivity index (χ3n) is 4.06. The summed E-state index contributed by atoms with van der Waals surface area (Å²) in [5, 5.41) is 3.72. The van der Waals surface area contributed by atoms with Crippen molar-refractivity contribution in [2.24, 2.45) is 5.92 Å². The van der Waals surface area contributed by atoms with Gasteiger partial charge < -0.3 is 10.2 Å². The lowest BCUT2D eigenvalue weighted by Crippen LogP contribution is -2.58. The minimum absolute atomic E-state index is 0.540. The molecule has 0 aliphatic carbocycles. The topological polar surface area (TPSA) is 15.3 Å². The summed E-state index contributed by atoms with van der Waals surface area (Å²) in [5.74, 6) is 0.629. The van der Waals surface area contributed by atoms with Gasteiger partial charge in [0, 0.05) is 34.1 Å². The molecule has 2 atom stereocenters. The first-order chi connectivity index (χ1) is 9.54. The molecule has 0 spiro atoms. The van der Waals surface area contributed by atoms with E-state index in [1.54, 1.807) is 0 Å². The van der Waals surface area contributed by atoms with Crippen LogP contribution in [-0.4, -0.2) is 25.2 Å². The predicted octanol–water partition coefficient (Wildman–Crippen LogP) is 4.81. The van der Waals surface area contributed by atoms with Crippen LogP contribution in [0.5, 0.6) is 0 Å². The molecule has 2 unspecified atom stereocenters. The molecule has 1 aliphatic rings. The number of hydrogen-bond donors (Lipinski definition) is 1. The van der Waals surface area contributed by atoms with Crippen molar-refractivity contribution in [1.29, 1.82) is 0 Å². The molecular weight excluding hydrogens is 380 g/mol. The second kappa shape index (κ2) is 7.28. The van der Waals surface area contributed by atoms with E-state index in [2.05, 4.69) is 81.0 Å². The second-order valence-corrected chi connectivity index (χ2v) is 7.64. The molecule has 20 heavy (non-hydrogen) atoms. The van der Waals surface area contributed by atoms with Crippen molar-refractivity contribution < 1.29 is 0 Å². The van der Waals surface area contributed by atoms with E-state index in [9.17, 15) is 0 Å². The summed E-state index contributed by atoms with van der Waals surface area (Å²) in [7, 11) is 0. The van der Waals surface area contributed by atoms with Crippen LogP contribution in [0.1, 0.15) is 33.6 Å². The number of hydrogen-bond acceptors (Lipinski definition) is 2. The van der Waals surface area contributed by atoms with Gasteiger partial charge >= 0.3 is 0 Å². The van der Waals surface area contributed by atoms with Crippen LogP contribution in [0.2, 0.25) is 0 Å². The van der Waals surface area contributed by atoms with Crippen LogP contribution in [0, 0.1) is 5.92 Å². The number of piperazine rings is 1. The largest absolute Gasteiger partial charge is 0.364 e. The van der Waals surface area contributed by atoms with Gasteiger partial charge in [-0.3, -0.25) is 0 Å². The van der Waals surface area contributed by atoms with Crippen LogP contribution < -0.4 is 10.2 Å². The Hall–Kier alpha value is -0.0600. The molecule has 1 fully saturated rings. The van der Waals surface area contributed by atoms with Crippen molar-refractivity contribution in [1.82, 2.24) is 5.32 Å². The lowest BCUT2D eigenvalue weighted by Gasteiger charge is -2.44. The summed E-state index contributed by atoms with van der Waals surface area (Å²) < 4.78 is 2.35. The third kappa shape index (κ3) is 3.58. The van der Waals surface area contributed by atoms with Gasteiger partial charge in [-0.1, -0.05) is 33.3 Å². The number of anilines is 1. The smallest absolute Gasteiger partial charge is 0.0658 e. The number of rotatable bonds is 4. The van der Waals surface area contributed by atoms with Crippen LogP contribution >= 0.6 is 31.9 Å². The summed E-state index contributed by atoms with van der Waals surface area (Å²) in [6.45, 7) is 9.03. The maximum Gasteiger partial charge on any atom is 0.0658 e. The molecule has 4 heteroatoms. The fourth-order valence-corrected chi connectivity index (χ4v) is 4.45. The molecule has 1 N–H and O–H groups in total. The van der Waals surface area contributed by atoms with E-state index in [1.807, 2.05) is 0 Å². The first-order valence-electron chi connectivity index (χ1n) is 7.48. The van der Waals surface area contributed by atoms with Crippen molar-refractivity contribution in [2.75, 3.05) is 18.0 Å². The average molecular weight is 404 g/mol. The summed E-state index contributed by atoms with van der Waals surface area (Å²) >= 11 is 7.45. The van der Waals surface area contributed by atoms with Gasteiger partial charge in [0.15, 0.2) is 0 Å². The standard InChI is InChI=1S/C16H24Br2N2/c1-4-6-12-10-20(15(9-19-12)11(2)3)16-13(17)7-5-8-14(16)18/h5,7-8,11-12,15,19H,4,6,9-10H2,1-3H3. The Balaban J connectivity index is 2.31. The van der Waals surface area contributed by atoms with E-state index >= 15 is 0 Å². The highest BCUT2D eigenvalue weighted by Crippen LogP contribution is 2.37. The molecule has 2 rings (SSSR count). The van der Waals surface area contributed by atoms with Gasteiger partial charge in [-0.15, -0.1) is 0 Å². The van der Waals surface area contributed by atoms with Gasteiger partial charge in [-0.05, 0) is 56.3 Å². The molecule has 1 heterocycles. The molecule has 1 aromatic carbocycles. The zero-order valence-electron chi connectivity index (χ0n) is 12.5. The number of halogens is 2. The van der Waals surface area contributed by atoms with E-state index in [0.717, 1.165) is 13.1 Å². The molecule has 0 radical (unpaired) electrons. The highest BCUT2D eigenvalue weighted by Gasteiger charge is 2.31. The lowest BCUT2D eigenvalue weighted by molar-refractivity contribution is 0.327. The van der Waals surface area contributed by atoms with Crippen molar-refractivity contribution >= 4 is 37.5 Å². The Morgan fingerprint density at radius 2 is 1.95 bits per heavy atom. The fourth-order valence-electron chi connectivity index (χ4n) is 2.99. The van der Waals surface area contributed by atoms with Crippen molar-refractivity contribution in [3.8, 4) is 0 Å². The normalized spacial score (nSPS) is 23.4. The van der Waals surface area contributed by atoms with E-state index < -0.39 is 0 Å². The summed E-state index contributed by atoms with van der Waals surface area (Å²) in [6, 6.07) is 7.48. The van der Waals surface area contributed by atoms with Crippen LogP contribution in [0.15, 0.2) is 27.1 Å². The molecule has 2 nitrogen and oxygen atoms in total. The van der Waals surface area contributed by atoms with Gasteiger partial charge in [-0.2, -0.15) is 0 Å². The number of nitrogens with one attached hydrogen (secondary N) is 1. The predicted molar refractivity (Wildman–Crippen MR) is 94.5 cm³/mol. The molecule has 112 valence electrons. The number of para-hydroxylation sites is 1. The molecule has 0 saturated carbocycles. The highest BCUT2D eigenvalue weighted by molar-refractivity contribution is 9.11. The summed E-state index contributed by atoms with van der Waals surface area (Å²) in [5.41, 5.74) is 1.30. The summed E-state index contributed by atoms with van der Waals surface area (Å²) in [6.07, 6.45) is 2.47. The minimum Gasteiger partial charge on any atom is -0.364 e. The monoisotopic (exact) mass is 402 g/mol. The highest BCUT2D eigenvalue weighted by atomic mass is 79.9. The number of benzene rings is 1. The quantitative estimate of drug-likeness (QED) is 0.775. The maximum atomic E-state index is 3.73. The minimum atomic E-state index is 0.540. The van der Waals surface area contributed by atoms with Gasteiger partial charge in [0.05, 0.1) is 5.69 Å². The lowest BCUT2D eigenvalue weighted by atomic mass is 9.96. The van der Waals surface area contributed by atoms with Gasteiger partial charge in [0.25, 0.3) is 0 Å². The maximum absolute atomic E-state index is 3.73. The second-order valence-electron chi connectivity index (χ2n) is 5.93.